The van der Waals surface area contributed by atoms with Crippen molar-refractivity contribution in [1.29, 1.82) is 0 Å². The largest absolute Gasteiger partial charge is 0.352 e. The minimum atomic E-state index is -0.282. The average Bonchev–Trinajstić information content (AvgIpc) is 2.85. The number of carbonyl (C=O) groups excluding carboxylic acids is 3. The number of benzene rings is 2. The molecule has 0 unspecified atom stereocenters. The number of amides is 3. The van der Waals surface area contributed by atoms with Crippen LogP contribution in [0.2, 0.25) is 0 Å². The van der Waals surface area contributed by atoms with E-state index in [1.807, 2.05) is 24.3 Å². The number of rotatable bonds is 6. The SMILES string of the molecule is O=C(CCCN1C(=O)c2ccccc2C1=O)NCc1cccc(Br)c1. The third kappa shape index (κ3) is 3.96. The lowest BCUT2D eigenvalue weighted by atomic mass is 10.1. The van der Waals surface area contributed by atoms with E-state index in [0.29, 0.717) is 24.1 Å². The minimum Gasteiger partial charge on any atom is -0.352 e. The molecule has 0 saturated carbocycles. The molecule has 5 nitrogen and oxygen atoms in total. The van der Waals surface area contributed by atoms with Crippen LogP contribution in [0.25, 0.3) is 0 Å². The summed E-state index contributed by atoms with van der Waals surface area (Å²) in [6.45, 7) is 0.696. The number of hydrogen-bond donors (Lipinski definition) is 1. The van der Waals surface area contributed by atoms with Crippen molar-refractivity contribution >= 4 is 33.7 Å². The fraction of sp³-hybridized carbons (Fsp3) is 0.211. The summed E-state index contributed by atoms with van der Waals surface area (Å²) >= 11 is 3.39. The molecule has 0 atom stereocenters. The molecular weight excluding hydrogens is 384 g/mol. The summed E-state index contributed by atoms with van der Waals surface area (Å²) in [4.78, 5) is 37.6. The van der Waals surface area contributed by atoms with E-state index in [2.05, 4.69) is 21.2 Å². The standard InChI is InChI=1S/C19H17BrN2O3/c20-14-6-3-5-13(11-14)12-21-17(23)9-4-10-22-18(24)15-7-1-2-8-16(15)19(22)25/h1-3,5-8,11H,4,9-10,12H2,(H,21,23). The van der Waals surface area contributed by atoms with E-state index in [0.717, 1.165) is 10.0 Å². The van der Waals surface area contributed by atoms with Crippen LogP contribution in [0.3, 0.4) is 0 Å². The van der Waals surface area contributed by atoms with Crippen LogP contribution in [0.4, 0.5) is 0 Å². The second kappa shape index (κ2) is 7.61. The van der Waals surface area contributed by atoms with E-state index >= 15 is 0 Å². The Hall–Kier alpha value is -2.47. The number of nitrogens with one attached hydrogen (secondary N) is 1. The maximum atomic E-state index is 12.2. The second-order valence-corrected chi connectivity index (χ2v) is 6.73. The van der Waals surface area contributed by atoms with Gasteiger partial charge in [-0.3, -0.25) is 19.3 Å². The van der Waals surface area contributed by atoms with E-state index in [-0.39, 0.29) is 30.7 Å². The van der Waals surface area contributed by atoms with Crippen molar-refractivity contribution in [1.82, 2.24) is 10.2 Å². The first-order chi connectivity index (χ1) is 12.1. The highest BCUT2D eigenvalue weighted by Gasteiger charge is 2.34. The monoisotopic (exact) mass is 400 g/mol. The number of carbonyl (C=O) groups is 3. The topological polar surface area (TPSA) is 66.5 Å². The van der Waals surface area contributed by atoms with Gasteiger partial charge < -0.3 is 5.32 Å². The lowest BCUT2D eigenvalue weighted by molar-refractivity contribution is -0.121. The maximum absolute atomic E-state index is 12.2. The molecule has 3 amide bonds. The number of nitrogens with zero attached hydrogens (tertiary/aromatic N) is 1. The molecule has 0 aliphatic carbocycles. The molecule has 0 aromatic heterocycles. The molecule has 0 radical (unpaired) electrons. The van der Waals surface area contributed by atoms with Crippen LogP contribution in [-0.4, -0.2) is 29.2 Å². The highest BCUT2D eigenvalue weighted by atomic mass is 79.9. The summed E-state index contributed by atoms with van der Waals surface area (Å²) in [5.41, 5.74) is 1.88. The third-order valence-corrected chi connectivity index (χ3v) is 4.54. The van der Waals surface area contributed by atoms with Gasteiger partial charge in [-0.05, 0) is 36.2 Å². The Bertz CT molecular complexity index is 800. The van der Waals surface area contributed by atoms with Gasteiger partial charge in [0.15, 0.2) is 0 Å². The van der Waals surface area contributed by atoms with Crippen molar-refractivity contribution in [2.75, 3.05) is 6.54 Å². The Kier molecular flexibility index (Phi) is 5.28. The fourth-order valence-electron chi connectivity index (χ4n) is 2.78. The Morgan fingerprint density at radius 1 is 1.00 bits per heavy atom. The number of halogens is 1. The lowest BCUT2D eigenvalue weighted by Gasteiger charge is -2.13. The Balaban J connectivity index is 1.46. The van der Waals surface area contributed by atoms with Crippen molar-refractivity contribution in [3.8, 4) is 0 Å². The van der Waals surface area contributed by atoms with Gasteiger partial charge in [0.25, 0.3) is 11.8 Å². The summed E-state index contributed by atoms with van der Waals surface area (Å²) < 4.78 is 0.963. The molecule has 0 saturated heterocycles. The van der Waals surface area contributed by atoms with Gasteiger partial charge in [0.05, 0.1) is 11.1 Å². The Morgan fingerprint density at radius 3 is 2.32 bits per heavy atom. The summed E-state index contributed by atoms with van der Waals surface area (Å²) in [6.07, 6.45) is 0.706. The van der Waals surface area contributed by atoms with E-state index < -0.39 is 0 Å². The summed E-state index contributed by atoms with van der Waals surface area (Å²) in [7, 11) is 0. The van der Waals surface area contributed by atoms with E-state index in [9.17, 15) is 14.4 Å². The van der Waals surface area contributed by atoms with Gasteiger partial charge in [0.1, 0.15) is 0 Å². The van der Waals surface area contributed by atoms with Crippen molar-refractivity contribution < 1.29 is 14.4 Å². The molecule has 3 rings (SSSR count). The van der Waals surface area contributed by atoms with Crippen LogP contribution < -0.4 is 5.32 Å². The molecule has 0 fully saturated rings. The summed E-state index contributed by atoms with van der Waals surface area (Å²) in [6, 6.07) is 14.5. The molecule has 2 aromatic carbocycles. The quantitative estimate of drug-likeness (QED) is 0.757. The lowest BCUT2D eigenvalue weighted by Crippen LogP contribution is -2.32. The van der Waals surface area contributed by atoms with Gasteiger partial charge in [-0.1, -0.05) is 40.2 Å². The molecule has 2 aromatic rings. The zero-order valence-electron chi connectivity index (χ0n) is 13.5. The number of hydrogen-bond acceptors (Lipinski definition) is 3. The van der Waals surface area contributed by atoms with Crippen LogP contribution in [0.15, 0.2) is 53.0 Å². The zero-order valence-corrected chi connectivity index (χ0v) is 15.1. The number of imide groups is 1. The van der Waals surface area contributed by atoms with Gasteiger partial charge in [-0.15, -0.1) is 0 Å². The minimum absolute atomic E-state index is 0.100. The van der Waals surface area contributed by atoms with Gasteiger partial charge in [-0.25, -0.2) is 0 Å². The molecule has 25 heavy (non-hydrogen) atoms. The molecule has 1 aliphatic rings. The molecular formula is C19H17BrN2O3. The summed E-state index contributed by atoms with van der Waals surface area (Å²) in [5, 5.41) is 2.84. The third-order valence-electron chi connectivity index (χ3n) is 4.04. The molecule has 0 spiro atoms. The highest BCUT2D eigenvalue weighted by Crippen LogP contribution is 2.22. The first kappa shape index (κ1) is 17.4. The predicted octanol–water partition coefficient (Wildman–Crippen LogP) is 3.14. The van der Waals surface area contributed by atoms with Crippen molar-refractivity contribution in [3.63, 3.8) is 0 Å². The fourth-order valence-corrected chi connectivity index (χ4v) is 3.22. The second-order valence-electron chi connectivity index (χ2n) is 5.82. The van der Waals surface area contributed by atoms with E-state index in [1.165, 1.54) is 4.90 Å². The number of fused-ring (bicyclic) bond motifs is 1. The van der Waals surface area contributed by atoms with E-state index in [4.69, 9.17) is 0 Å². The highest BCUT2D eigenvalue weighted by molar-refractivity contribution is 9.10. The Labute approximate surface area is 154 Å². The van der Waals surface area contributed by atoms with Gasteiger partial charge in [0, 0.05) is 24.0 Å². The van der Waals surface area contributed by atoms with Crippen LogP contribution >= 0.6 is 15.9 Å². The first-order valence-electron chi connectivity index (χ1n) is 8.02. The van der Waals surface area contributed by atoms with Crippen LogP contribution in [0.5, 0.6) is 0 Å². The van der Waals surface area contributed by atoms with Gasteiger partial charge >= 0.3 is 0 Å². The zero-order chi connectivity index (χ0) is 17.8. The van der Waals surface area contributed by atoms with Crippen LogP contribution in [-0.2, 0) is 11.3 Å². The van der Waals surface area contributed by atoms with Crippen LogP contribution in [0.1, 0.15) is 39.1 Å². The van der Waals surface area contributed by atoms with Gasteiger partial charge in [0.2, 0.25) is 5.91 Å². The van der Waals surface area contributed by atoms with Crippen molar-refractivity contribution in [2.45, 2.75) is 19.4 Å². The average molecular weight is 401 g/mol. The molecule has 0 bridgehead atoms. The first-order valence-corrected chi connectivity index (χ1v) is 8.82. The predicted molar refractivity (Wildman–Crippen MR) is 97.0 cm³/mol. The molecule has 1 aliphatic heterocycles. The van der Waals surface area contributed by atoms with Gasteiger partial charge in [-0.2, -0.15) is 0 Å². The van der Waals surface area contributed by atoms with E-state index in [1.54, 1.807) is 24.3 Å². The maximum Gasteiger partial charge on any atom is 0.261 e. The summed E-state index contributed by atoms with van der Waals surface area (Å²) in [5.74, 6) is -0.665. The molecule has 1 N–H and O–H groups in total. The van der Waals surface area contributed by atoms with Crippen LogP contribution in [0, 0.1) is 0 Å². The smallest absolute Gasteiger partial charge is 0.261 e. The Morgan fingerprint density at radius 2 is 1.68 bits per heavy atom. The molecule has 1 heterocycles. The molecule has 6 heteroatoms. The normalized spacial score (nSPS) is 13.1. The van der Waals surface area contributed by atoms with Crippen molar-refractivity contribution in [3.05, 3.63) is 69.7 Å². The molecule has 128 valence electrons. The van der Waals surface area contributed by atoms with Crippen molar-refractivity contribution in [2.24, 2.45) is 0 Å².